The van der Waals surface area contributed by atoms with Crippen molar-refractivity contribution in [2.24, 2.45) is 5.73 Å². The normalized spacial score (nSPS) is 14.7. The third-order valence-corrected chi connectivity index (χ3v) is 8.98. The van der Waals surface area contributed by atoms with Crippen molar-refractivity contribution >= 4 is 19.8 Å². The highest BCUT2D eigenvalue weighted by Gasteiger charge is 2.27. The third-order valence-electron chi connectivity index (χ3n) is 8.03. The maximum absolute atomic E-state index is 12.6. The number of carboxylic acids is 1. The van der Waals surface area contributed by atoms with Crippen LogP contribution in [-0.2, 0) is 32.7 Å². The number of hydrogen-bond donors (Lipinski definition) is 3. The van der Waals surface area contributed by atoms with Crippen molar-refractivity contribution in [2.45, 2.75) is 161 Å². The van der Waals surface area contributed by atoms with E-state index in [1.807, 2.05) is 0 Å². The van der Waals surface area contributed by atoms with E-state index in [9.17, 15) is 19.0 Å². The van der Waals surface area contributed by atoms with Gasteiger partial charge in [0.15, 0.2) is 0 Å². The lowest BCUT2D eigenvalue weighted by Crippen LogP contribution is -2.34. The average Bonchev–Trinajstić information content (AvgIpc) is 3.12. The van der Waals surface area contributed by atoms with Crippen LogP contribution in [0.25, 0.3) is 0 Å². The molecule has 0 saturated carbocycles. The van der Waals surface area contributed by atoms with Crippen LogP contribution in [0.5, 0.6) is 0 Å². The van der Waals surface area contributed by atoms with Crippen LogP contribution in [0.15, 0.2) is 60.8 Å². The number of unbranched alkanes of at least 4 members (excludes halogenated alkanes) is 13. The van der Waals surface area contributed by atoms with E-state index in [1.165, 1.54) is 38.5 Å². The molecule has 0 spiro atoms. The molecule has 0 rings (SSSR count). The molecule has 52 heavy (non-hydrogen) atoms. The predicted molar refractivity (Wildman–Crippen MR) is 212 cm³/mol. The number of phosphoric ester groups is 1. The molecule has 0 aliphatic heterocycles. The van der Waals surface area contributed by atoms with Crippen LogP contribution in [0.4, 0.5) is 0 Å². The first-order valence-corrected chi connectivity index (χ1v) is 21.3. The van der Waals surface area contributed by atoms with Crippen molar-refractivity contribution in [1.29, 1.82) is 0 Å². The van der Waals surface area contributed by atoms with E-state index in [0.717, 1.165) is 83.5 Å². The van der Waals surface area contributed by atoms with E-state index in [0.29, 0.717) is 13.0 Å². The SMILES string of the molecule is CC/C=C\C/C=C\C/C=C\CCCCCCCC(=O)OC(COCCCCCCCC/C=C\C/C=C\CCCC)COP(=O)(O)OCC(N)C(=O)O. The Kier molecular flexibility index (Phi) is 35.3. The van der Waals surface area contributed by atoms with Crippen LogP contribution in [0, 0.1) is 0 Å². The lowest BCUT2D eigenvalue weighted by molar-refractivity contribution is -0.154. The Balaban J connectivity index is 4.35. The van der Waals surface area contributed by atoms with E-state index in [4.69, 9.17) is 29.4 Å². The summed E-state index contributed by atoms with van der Waals surface area (Å²) in [5.74, 6) is -1.81. The van der Waals surface area contributed by atoms with Gasteiger partial charge in [-0.15, -0.1) is 0 Å². The van der Waals surface area contributed by atoms with Gasteiger partial charge >= 0.3 is 19.8 Å². The first-order chi connectivity index (χ1) is 25.2. The summed E-state index contributed by atoms with van der Waals surface area (Å²) in [6, 6.07) is -1.48. The minimum atomic E-state index is -4.62. The molecule has 0 fully saturated rings. The van der Waals surface area contributed by atoms with Gasteiger partial charge in [0, 0.05) is 13.0 Å². The Labute approximate surface area is 315 Å². The molecule has 0 aliphatic rings. The van der Waals surface area contributed by atoms with E-state index in [-0.39, 0.29) is 13.0 Å². The number of esters is 1. The fourth-order valence-electron chi connectivity index (χ4n) is 4.93. The fraction of sp³-hybridized carbons (Fsp3) is 0.707. The second-order valence-corrected chi connectivity index (χ2v) is 14.5. The summed E-state index contributed by atoms with van der Waals surface area (Å²) in [5.41, 5.74) is 5.34. The highest BCUT2D eigenvalue weighted by atomic mass is 31.2. The van der Waals surface area contributed by atoms with Gasteiger partial charge in [0.2, 0.25) is 0 Å². The summed E-state index contributed by atoms with van der Waals surface area (Å²) in [4.78, 5) is 33.4. The lowest BCUT2D eigenvalue weighted by atomic mass is 10.1. The number of phosphoric acid groups is 1. The molecular formula is C41H72NO9P. The van der Waals surface area contributed by atoms with Crippen LogP contribution in [0.1, 0.15) is 149 Å². The van der Waals surface area contributed by atoms with Gasteiger partial charge < -0.3 is 25.2 Å². The molecule has 0 radical (unpaired) electrons. The van der Waals surface area contributed by atoms with E-state index in [1.54, 1.807) is 0 Å². The van der Waals surface area contributed by atoms with Gasteiger partial charge in [-0.1, -0.05) is 132 Å². The molecule has 4 N–H and O–H groups in total. The summed E-state index contributed by atoms with van der Waals surface area (Å²) < 4.78 is 33.2. The first kappa shape index (κ1) is 49.7. The molecule has 11 heteroatoms. The molecule has 0 bridgehead atoms. The Morgan fingerprint density at radius 3 is 1.67 bits per heavy atom. The number of aliphatic carboxylic acids is 1. The molecule has 0 saturated heterocycles. The van der Waals surface area contributed by atoms with Gasteiger partial charge in [-0.2, -0.15) is 0 Å². The zero-order chi connectivity index (χ0) is 38.4. The van der Waals surface area contributed by atoms with Crippen molar-refractivity contribution in [3.05, 3.63) is 60.8 Å². The molecule has 0 aromatic heterocycles. The summed E-state index contributed by atoms with van der Waals surface area (Å²) in [6.07, 6.45) is 42.7. The second-order valence-electron chi connectivity index (χ2n) is 13.0. The van der Waals surface area contributed by atoms with Crippen LogP contribution >= 0.6 is 7.82 Å². The maximum atomic E-state index is 12.6. The Hall–Kier alpha value is -2.33. The molecule has 3 unspecified atom stereocenters. The van der Waals surface area contributed by atoms with E-state index in [2.05, 4.69) is 74.6 Å². The first-order valence-electron chi connectivity index (χ1n) is 19.8. The summed E-state index contributed by atoms with van der Waals surface area (Å²) >= 11 is 0. The topological polar surface area (TPSA) is 155 Å². The zero-order valence-corrected chi connectivity index (χ0v) is 33.3. The number of nitrogens with two attached hydrogens (primary N) is 1. The number of carboxylic acid groups (broad SMARTS) is 1. The average molecular weight is 754 g/mol. The third kappa shape index (κ3) is 36.0. The molecule has 0 aliphatic carbocycles. The molecule has 0 aromatic rings. The van der Waals surface area contributed by atoms with Crippen molar-refractivity contribution in [3.8, 4) is 0 Å². The monoisotopic (exact) mass is 753 g/mol. The number of allylic oxidation sites excluding steroid dienone is 10. The van der Waals surface area contributed by atoms with Crippen LogP contribution in [0.2, 0.25) is 0 Å². The molecule has 0 heterocycles. The van der Waals surface area contributed by atoms with Crippen molar-refractivity contribution in [1.82, 2.24) is 0 Å². The summed E-state index contributed by atoms with van der Waals surface area (Å²) in [5, 5.41) is 8.87. The number of carbonyl (C=O) groups is 2. The van der Waals surface area contributed by atoms with Gasteiger partial charge in [-0.3, -0.25) is 18.6 Å². The highest BCUT2D eigenvalue weighted by molar-refractivity contribution is 7.47. The minimum absolute atomic E-state index is 0.000276. The molecule has 0 amide bonds. The number of carbonyl (C=O) groups excluding carboxylic acids is 1. The zero-order valence-electron chi connectivity index (χ0n) is 32.4. The van der Waals surface area contributed by atoms with Crippen LogP contribution in [-0.4, -0.2) is 60.5 Å². The van der Waals surface area contributed by atoms with Gasteiger partial charge in [0.1, 0.15) is 12.1 Å². The van der Waals surface area contributed by atoms with Crippen molar-refractivity contribution < 1.29 is 42.7 Å². The number of ether oxygens (including phenoxy) is 2. The standard InChI is InChI=1S/C41H72NO9P/c1-3-5-7-9-11-13-15-17-19-21-23-25-27-29-31-33-40(43)51-38(36-49-52(46,47)50-37-39(42)41(44)45)35-48-34-32-30-28-26-24-22-20-18-16-14-12-10-8-6-4-2/h5,7,10-13,16-19,38-39H,3-4,6,8-9,14-15,20-37,42H2,1-2H3,(H,44,45)(H,46,47)/b7-5-,12-10-,13-11-,18-16-,19-17-. The predicted octanol–water partition coefficient (Wildman–Crippen LogP) is 10.5. The number of hydrogen-bond acceptors (Lipinski definition) is 8. The van der Waals surface area contributed by atoms with Crippen LogP contribution < -0.4 is 5.73 Å². The van der Waals surface area contributed by atoms with Gasteiger partial charge in [0.05, 0.1) is 19.8 Å². The van der Waals surface area contributed by atoms with Gasteiger partial charge in [-0.25, -0.2) is 4.57 Å². The van der Waals surface area contributed by atoms with Crippen molar-refractivity contribution in [3.63, 3.8) is 0 Å². The molecular weight excluding hydrogens is 681 g/mol. The molecule has 300 valence electrons. The Bertz CT molecular complexity index is 1060. The number of rotatable bonds is 37. The van der Waals surface area contributed by atoms with Gasteiger partial charge in [0.25, 0.3) is 0 Å². The Morgan fingerprint density at radius 1 is 0.635 bits per heavy atom. The summed E-state index contributed by atoms with van der Waals surface area (Å²) in [7, 11) is -4.62. The molecule has 3 atom stereocenters. The minimum Gasteiger partial charge on any atom is -0.480 e. The lowest BCUT2D eigenvalue weighted by Gasteiger charge is -2.20. The van der Waals surface area contributed by atoms with E-state index < -0.39 is 45.1 Å². The van der Waals surface area contributed by atoms with E-state index >= 15 is 0 Å². The maximum Gasteiger partial charge on any atom is 0.472 e. The summed E-state index contributed by atoms with van der Waals surface area (Å²) in [6.45, 7) is 3.66. The van der Waals surface area contributed by atoms with Crippen LogP contribution in [0.3, 0.4) is 0 Å². The smallest absolute Gasteiger partial charge is 0.472 e. The fourth-order valence-corrected chi connectivity index (χ4v) is 5.70. The quantitative estimate of drug-likeness (QED) is 0.0242. The van der Waals surface area contributed by atoms with Crippen molar-refractivity contribution in [2.75, 3.05) is 26.4 Å². The second kappa shape index (κ2) is 37.0. The molecule has 0 aromatic carbocycles. The molecule has 10 nitrogen and oxygen atoms in total. The largest absolute Gasteiger partial charge is 0.480 e. The Morgan fingerprint density at radius 2 is 1.12 bits per heavy atom. The van der Waals surface area contributed by atoms with Gasteiger partial charge in [-0.05, 0) is 70.6 Å². The highest BCUT2D eigenvalue weighted by Crippen LogP contribution is 2.43.